The number of rotatable bonds is 2. The zero-order valence-electron chi connectivity index (χ0n) is 8.96. The molecule has 0 radical (unpaired) electrons. The molecule has 0 fully saturated rings. The first-order chi connectivity index (χ1) is 6.13. The molecule has 0 heteroatoms. The summed E-state index contributed by atoms with van der Waals surface area (Å²) in [5.41, 5.74) is 4.25. The van der Waals surface area contributed by atoms with Gasteiger partial charge in [0.25, 0.3) is 0 Å². The van der Waals surface area contributed by atoms with Crippen LogP contribution in [0.5, 0.6) is 0 Å². The summed E-state index contributed by atoms with van der Waals surface area (Å²) in [5, 5.41) is 0. The van der Waals surface area contributed by atoms with Crippen molar-refractivity contribution in [2.45, 2.75) is 27.7 Å². The highest BCUT2D eigenvalue weighted by molar-refractivity contribution is 5.69. The fraction of sp³-hybridized carbons (Fsp3) is 0.385. The molecule has 0 heterocycles. The van der Waals surface area contributed by atoms with Crippen LogP contribution >= 0.6 is 0 Å². The van der Waals surface area contributed by atoms with E-state index in [1.807, 2.05) is 0 Å². The van der Waals surface area contributed by atoms with Gasteiger partial charge >= 0.3 is 0 Å². The number of benzene rings is 1. The molecule has 1 aromatic carbocycles. The minimum atomic E-state index is 0.604. The zero-order chi connectivity index (χ0) is 9.84. The summed E-state index contributed by atoms with van der Waals surface area (Å²) in [5.74, 6) is 0.604. The summed E-state index contributed by atoms with van der Waals surface area (Å²) in [7, 11) is 0. The van der Waals surface area contributed by atoms with Gasteiger partial charge in [0.2, 0.25) is 0 Å². The van der Waals surface area contributed by atoms with E-state index in [0.717, 1.165) is 0 Å². The molecule has 0 atom stereocenters. The topological polar surface area (TPSA) is 0 Å². The molecule has 1 aromatic rings. The van der Waals surface area contributed by atoms with Gasteiger partial charge in [0, 0.05) is 0 Å². The van der Waals surface area contributed by atoms with E-state index in [9.17, 15) is 0 Å². The number of allylic oxidation sites excluding steroid dienone is 2. The van der Waals surface area contributed by atoms with Crippen molar-refractivity contribution in [3.8, 4) is 0 Å². The molecule has 0 aliphatic rings. The molecule has 0 saturated carbocycles. The van der Waals surface area contributed by atoms with Gasteiger partial charge < -0.3 is 0 Å². The number of hydrogen-bond donors (Lipinski definition) is 0. The van der Waals surface area contributed by atoms with Gasteiger partial charge in [-0.2, -0.15) is 0 Å². The average molecular weight is 174 g/mol. The SMILES string of the molecule is CC(C)=C(c1ccccc1)C(C)C. The summed E-state index contributed by atoms with van der Waals surface area (Å²) in [6.45, 7) is 8.86. The molecule has 0 aliphatic carbocycles. The predicted molar refractivity (Wildman–Crippen MR) is 59.5 cm³/mol. The van der Waals surface area contributed by atoms with Crippen LogP contribution in [0.15, 0.2) is 35.9 Å². The van der Waals surface area contributed by atoms with Crippen LogP contribution in [0.3, 0.4) is 0 Å². The molecule has 0 aliphatic heterocycles. The fourth-order valence-corrected chi connectivity index (χ4v) is 1.82. The second-order valence-corrected chi connectivity index (χ2v) is 3.93. The highest BCUT2D eigenvalue weighted by Crippen LogP contribution is 2.25. The third-order valence-corrected chi connectivity index (χ3v) is 2.20. The van der Waals surface area contributed by atoms with Gasteiger partial charge in [-0.05, 0) is 30.9 Å². The Morgan fingerprint density at radius 1 is 1.00 bits per heavy atom. The van der Waals surface area contributed by atoms with Crippen LogP contribution in [-0.4, -0.2) is 0 Å². The van der Waals surface area contributed by atoms with Gasteiger partial charge in [0.05, 0.1) is 0 Å². The van der Waals surface area contributed by atoms with Crippen molar-refractivity contribution in [2.24, 2.45) is 5.92 Å². The highest BCUT2D eigenvalue weighted by atomic mass is 14.1. The van der Waals surface area contributed by atoms with Gasteiger partial charge in [0.15, 0.2) is 0 Å². The largest absolute Gasteiger partial charge is 0.0724 e. The maximum atomic E-state index is 2.25. The molecule has 0 bridgehead atoms. The van der Waals surface area contributed by atoms with Crippen LogP contribution in [-0.2, 0) is 0 Å². The van der Waals surface area contributed by atoms with E-state index in [2.05, 4.69) is 58.0 Å². The first-order valence-corrected chi connectivity index (χ1v) is 4.85. The Bertz CT molecular complexity index is 287. The minimum absolute atomic E-state index is 0.604. The Balaban J connectivity index is 3.12. The van der Waals surface area contributed by atoms with Crippen LogP contribution in [0.2, 0.25) is 0 Å². The van der Waals surface area contributed by atoms with Gasteiger partial charge in [-0.25, -0.2) is 0 Å². The van der Waals surface area contributed by atoms with Crippen LogP contribution in [0.4, 0.5) is 0 Å². The van der Waals surface area contributed by atoms with Crippen molar-refractivity contribution in [2.75, 3.05) is 0 Å². The standard InChI is InChI=1S/C13H18/c1-10(2)13(11(3)4)12-8-6-5-7-9-12/h5-10H,1-4H3. The van der Waals surface area contributed by atoms with Crippen LogP contribution in [0.1, 0.15) is 33.3 Å². The molecule has 0 saturated heterocycles. The second kappa shape index (κ2) is 4.27. The fourth-order valence-electron chi connectivity index (χ4n) is 1.82. The molecule has 0 spiro atoms. The normalized spacial score (nSPS) is 10.2. The lowest BCUT2D eigenvalue weighted by molar-refractivity contribution is 0.847. The van der Waals surface area contributed by atoms with E-state index in [1.54, 1.807) is 0 Å². The number of hydrogen-bond acceptors (Lipinski definition) is 0. The summed E-state index contributed by atoms with van der Waals surface area (Å²) in [6, 6.07) is 10.6. The Morgan fingerprint density at radius 3 is 1.92 bits per heavy atom. The smallest absolute Gasteiger partial charge is 0.0214 e. The van der Waals surface area contributed by atoms with Gasteiger partial charge in [-0.1, -0.05) is 49.8 Å². The predicted octanol–water partition coefficient (Wildman–Crippen LogP) is 4.14. The zero-order valence-corrected chi connectivity index (χ0v) is 8.96. The molecule has 0 nitrogen and oxygen atoms in total. The van der Waals surface area contributed by atoms with Gasteiger partial charge in [0.1, 0.15) is 0 Å². The first kappa shape index (κ1) is 10.0. The molecule has 0 N–H and O–H groups in total. The van der Waals surface area contributed by atoms with E-state index in [4.69, 9.17) is 0 Å². The van der Waals surface area contributed by atoms with Crippen molar-refractivity contribution < 1.29 is 0 Å². The lowest BCUT2D eigenvalue weighted by Gasteiger charge is -2.13. The van der Waals surface area contributed by atoms with Crippen LogP contribution in [0, 0.1) is 5.92 Å². The van der Waals surface area contributed by atoms with Crippen LogP contribution < -0.4 is 0 Å². The molecular weight excluding hydrogens is 156 g/mol. The molecule has 1 rings (SSSR count). The molecular formula is C13H18. The van der Waals surface area contributed by atoms with Crippen molar-refractivity contribution in [1.82, 2.24) is 0 Å². The third kappa shape index (κ3) is 2.45. The first-order valence-electron chi connectivity index (χ1n) is 4.85. The quantitative estimate of drug-likeness (QED) is 0.632. The summed E-state index contributed by atoms with van der Waals surface area (Å²) in [4.78, 5) is 0. The Labute approximate surface area is 81.3 Å². The lowest BCUT2D eigenvalue weighted by atomic mass is 9.92. The van der Waals surface area contributed by atoms with Crippen molar-refractivity contribution in [1.29, 1.82) is 0 Å². The maximum absolute atomic E-state index is 2.25. The van der Waals surface area contributed by atoms with E-state index >= 15 is 0 Å². The Hall–Kier alpha value is -1.04. The molecule has 70 valence electrons. The summed E-state index contributed by atoms with van der Waals surface area (Å²) in [6.07, 6.45) is 0. The molecule has 0 amide bonds. The van der Waals surface area contributed by atoms with E-state index in [1.165, 1.54) is 16.7 Å². The molecule has 13 heavy (non-hydrogen) atoms. The van der Waals surface area contributed by atoms with E-state index in [0.29, 0.717) is 5.92 Å². The Kier molecular flexibility index (Phi) is 3.30. The summed E-state index contributed by atoms with van der Waals surface area (Å²) < 4.78 is 0. The minimum Gasteiger partial charge on any atom is -0.0724 e. The maximum Gasteiger partial charge on any atom is -0.0214 e. The third-order valence-electron chi connectivity index (χ3n) is 2.20. The van der Waals surface area contributed by atoms with Crippen LogP contribution in [0.25, 0.3) is 5.57 Å². The Morgan fingerprint density at radius 2 is 1.54 bits per heavy atom. The van der Waals surface area contributed by atoms with E-state index < -0.39 is 0 Å². The van der Waals surface area contributed by atoms with Gasteiger partial charge in [-0.3, -0.25) is 0 Å². The van der Waals surface area contributed by atoms with Crippen molar-refractivity contribution >= 4 is 5.57 Å². The van der Waals surface area contributed by atoms with Crippen molar-refractivity contribution in [3.63, 3.8) is 0 Å². The second-order valence-electron chi connectivity index (χ2n) is 3.93. The average Bonchev–Trinajstić information content (AvgIpc) is 2.04. The molecule has 0 aromatic heterocycles. The lowest BCUT2D eigenvalue weighted by Crippen LogP contribution is -1.95. The van der Waals surface area contributed by atoms with Gasteiger partial charge in [-0.15, -0.1) is 0 Å². The van der Waals surface area contributed by atoms with Crippen molar-refractivity contribution in [3.05, 3.63) is 41.5 Å². The molecule has 0 unspecified atom stereocenters. The summed E-state index contributed by atoms with van der Waals surface area (Å²) >= 11 is 0. The monoisotopic (exact) mass is 174 g/mol. The van der Waals surface area contributed by atoms with E-state index in [-0.39, 0.29) is 0 Å². The highest BCUT2D eigenvalue weighted by Gasteiger charge is 2.06.